The highest BCUT2D eigenvalue weighted by molar-refractivity contribution is 14.1. The largest absolute Gasteiger partial charge is 0.477 e. The summed E-state index contributed by atoms with van der Waals surface area (Å²) in [5.41, 5.74) is 2.13. The minimum absolute atomic E-state index is 0.134. The molecular weight excluding hydrogens is 381 g/mol. The van der Waals surface area contributed by atoms with Crippen molar-refractivity contribution in [2.45, 2.75) is 25.7 Å². The fourth-order valence-corrected chi connectivity index (χ4v) is 2.82. The van der Waals surface area contributed by atoms with Gasteiger partial charge in [-0.05, 0) is 84.2 Å². The van der Waals surface area contributed by atoms with E-state index < -0.39 is 5.97 Å². The van der Waals surface area contributed by atoms with Gasteiger partial charge in [-0.15, -0.1) is 0 Å². The van der Waals surface area contributed by atoms with Gasteiger partial charge < -0.3 is 9.84 Å². The van der Waals surface area contributed by atoms with Gasteiger partial charge in [0, 0.05) is 9.26 Å². The van der Waals surface area contributed by atoms with Gasteiger partial charge in [0.25, 0.3) is 0 Å². The highest BCUT2D eigenvalue weighted by Gasteiger charge is 2.20. The van der Waals surface area contributed by atoms with Crippen molar-refractivity contribution in [1.29, 1.82) is 0 Å². The van der Waals surface area contributed by atoms with Gasteiger partial charge in [0.2, 0.25) is 5.88 Å². The van der Waals surface area contributed by atoms with Crippen LogP contribution in [0.25, 0.3) is 0 Å². The van der Waals surface area contributed by atoms with Crippen LogP contribution in [0.1, 0.15) is 34.5 Å². The van der Waals surface area contributed by atoms with E-state index in [0.29, 0.717) is 5.75 Å². The summed E-state index contributed by atoms with van der Waals surface area (Å²) in [6.07, 6.45) is 3.96. The zero-order valence-corrected chi connectivity index (χ0v) is 13.5. The number of carbonyl (C=O) groups is 1. The Morgan fingerprint density at radius 2 is 1.90 bits per heavy atom. The van der Waals surface area contributed by atoms with Crippen LogP contribution in [0.5, 0.6) is 11.6 Å². The number of ether oxygens (including phenoxy) is 1. The Morgan fingerprint density at radius 1 is 1.19 bits per heavy atom. The molecule has 21 heavy (non-hydrogen) atoms. The second-order valence-corrected chi connectivity index (χ2v) is 6.26. The van der Waals surface area contributed by atoms with E-state index in [1.807, 2.05) is 24.3 Å². The average molecular weight is 395 g/mol. The van der Waals surface area contributed by atoms with E-state index in [9.17, 15) is 9.90 Å². The number of halogens is 1. The second-order valence-electron chi connectivity index (χ2n) is 5.02. The van der Waals surface area contributed by atoms with E-state index in [1.165, 1.54) is 0 Å². The van der Waals surface area contributed by atoms with Gasteiger partial charge in [-0.1, -0.05) is 0 Å². The Kier molecular flexibility index (Phi) is 4.10. The Bertz CT molecular complexity index is 683. The summed E-state index contributed by atoms with van der Waals surface area (Å²) in [6.45, 7) is 0. The number of benzene rings is 1. The number of fused-ring (bicyclic) bond motifs is 1. The minimum Gasteiger partial charge on any atom is -0.477 e. The number of pyridine rings is 1. The van der Waals surface area contributed by atoms with Gasteiger partial charge in [-0.3, -0.25) is 0 Å². The molecule has 5 heteroatoms. The molecule has 1 aromatic heterocycles. The number of hydrogen-bond donors (Lipinski definition) is 1. The molecule has 0 saturated carbocycles. The standard InChI is InChI=1S/C16H14INO3/c17-11-5-7-12(8-6-11)21-15-13(16(19)20)9-10-3-1-2-4-14(10)18-15/h5-9H,1-4H2,(H,19,20). The molecule has 0 fully saturated rings. The zero-order valence-electron chi connectivity index (χ0n) is 11.3. The van der Waals surface area contributed by atoms with Gasteiger partial charge in [-0.2, -0.15) is 0 Å². The molecule has 0 bridgehead atoms. The fraction of sp³-hybridized carbons (Fsp3) is 0.250. The number of aromatic carboxylic acids is 1. The number of hydrogen-bond acceptors (Lipinski definition) is 3. The van der Waals surface area contributed by atoms with Crippen molar-refractivity contribution in [2.75, 3.05) is 0 Å². The van der Waals surface area contributed by atoms with Crippen LogP contribution in [0.15, 0.2) is 30.3 Å². The predicted molar refractivity (Wildman–Crippen MR) is 87.1 cm³/mol. The van der Waals surface area contributed by atoms with Gasteiger partial charge >= 0.3 is 5.97 Å². The summed E-state index contributed by atoms with van der Waals surface area (Å²) in [6, 6.07) is 9.17. The SMILES string of the molecule is O=C(O)c1cc2c(nc1Oc1ccc(I)cc1)CCCC2. The Hall–Kier alpha value is -1.63. The lowest BCUT2D eigenvalue weighted by Gasteiger charge is -2.17. The molecule has 1 N–H and O–H groups in total. The van der Waals surface area contributed by atoms with Gasteiger partial charge in [0.1, 0.15) is 11.3 Å². The third kappa shape index (κ3) is 3.18. The van der Waals surface area contributed by atoms with Gasteiger partial charge in [0.05, 0.1) is 0 Å². The zero-order chi connectivity index (χ0) is 14.8. The minimum atomic E-state index is -1.00. The van der Waals surface area contributed by atoms with E-state index in [-0.39, 0.29) is 11.4 Å². The molecule has 1 heterocycles. The normalized spacial score (nSPS) is 13.6. The number of rotatable bonds is 3. The molecule has 0 atom stereocenters. The first-order chi connectivity index (χ1) is 10.1. The quantitative estimate of drug-likeness (QED) is 0.797. The maximum atomic E-state index is 11.4. The molecule has 0 aliphatic heterocycles. The van der Waals surface area contributed by atoms with Crippen LogP contribution < -0.4 is 4.74 Å². The highest BCUT2D eigenvalue weighted by Crippen LogP contribution is 2.29. The van der Waals surface area contributed by atoms with Crippen molar-refractivity contribution in [3.8, 4) is 11.6 Å². The summed E-state index contributed by atoms with van der Waals surface area (Å²) in [7, 11) is 0. The summed E-state index contributed by atoms with van der Waals surface area (Å²) in [5, 5.41) is 9.37. The number of aromatic nitrogens is 1. The lowest BCUT2D eigenvalue weighted by Crippen LogP contribution is -2.11. The maximum absolute atomic E-state index is 11.4. The second kappa shape index (κ2) is 6.01. The lowest BCUT2D eigenvalue weighted by atomic mass is 9.95. The first-order valence-electron chi connectivity index (χ1n) is 6.83. The van der Waals surface area contributed by atoms with Crippen molar-refractivity contribution in [3.05, 3.63) is 50.7 Å². The number of carboxylic acid groups (broad SMARTS) is 1. The summed E-state index contributed by atoms with van der Waals surface area (Å²) in [4.78, 5) is 15.9. The monoisotopic (exact) mass is 395 g/mol. The number of carboxylic acids is 1. The van der Waals surface area contributed by atoms with Crippen LogP contribution >= 0.6 is 22.6 Å². The summed E-state index contributed by atoms with van der Waals surface area (Å²) in [5.74, 6) is -0.220. The molecular formula is C16H14INO3. The average Bonchev–Trinajstić information content (AvgIpc) is 2.48. The Labute approximate surface area is 136 Å². The number of aryl methyl sites for hydroxylation is 2. The Morgan fingerprint density at radius 3 is 2.62 bits per heavy atom. The van der Waals surface area contributed by atoms with Crippen LogP contribution in [0.4, 0.5) is 0 Å². The van der Waals surface area contributed by atoms with Crippen molar-refractivity contribution in [1.82, 2.24) is 4.98 Å². The van der Waals surface area contributed by atoms with Crippen LogP contribution in [-0.2, 0) is 12.8 Å². The van der Waals surface area contributed by atoms with Crippen molar-refractivity contribution in [3.63, 3.8) is 0 Å². The Balaban J connectivity index is 1.99. The smallest absolute Gasteiger partial charge is 0.341 e. The molecule has 0 amide bonds. The van der Waals surface area contributed by atoms with Crippen LogP contribution in [0.2, 0.25) is 0 Å². The van der Waals surface area contributed by atoms with Gasteiger partial charge in [0.15, 0.2) is 0 Å². The molecule has 2 aromatic rings. The van der Waals surface area contributed by atoms with E-state index in [0.717, 1.165) is 40.5 Å². The predicted octanol–water partition coefficient (Wildman–Crippen LogP) is 4.06. The maximum Gasteiger partial charge on any atom is 0.341 e. The van der Waals surface area contributed by atoms with E-state index in [4.69, 9.17) is 4.74 Å². The van der Waals surface area contributed by atoms with Crippen molar-refractivity contribution >= 4 is 28.6 Å². The van der Waals surface area contributed by atoms with E-state index >= 15 is 0 Å². The topological polar surface area (TPSA) is 59.4 Å². The van der Waals surface area contributed by atoms with Crippen molar-refractivity contribution < 1.29 is 14.6 Å². The van der Waals surface area contributed by atoms with Crippen LogP contribution in [-0.4, -0.2) is 16.1 Å². The summed E-state index contributed by atoms with van der Waals surface area (Å²) < 4.78 is 6.79. The molecule has 1 aliphatic rings. The van der Waals surface area contributed by atoms with Crippen LogP contribution in [0.3, 0.4) is 0 Å². The van der Waals surface area contributed by atoms with E-state index in [1.54, 1.807) is 6.07 Å². The third-order valence-corrected chi connectivity index (χ3v) is 4.24. The van der Waals surface area contributed by atoms with Crippen LogP contribution in [0, 0.1) is 3.57 Å². The highest BCUT2D eigenvalue weighted by atomic mass is 127. The first-order valence-corrected chi connectivity index (χ1v) is 7.91. The summed E-state index contributed by atoms with van der Waals surface area (Å²) >= 11 is 2.21. The molecule has 1 aromatic carbocycles. The molecule has 4 nitrogen and oxygen atoms in total. The molecule has 3 rings (SSSR count). The molecule has 0 radical (unpaired) electrons. The molecule has 0 spiro atoms. The third-order valence-electron chi connectivity index (χ3n) is 3.52. The number of nitrogens with zero attached hydrogens (tertiary/aromatic N) is 1. The van der Waals surface area contributed by atoms with Crippen molar-refractivity contribution in [2.24, 2.45) is 0 Å². The fourth-order valence-electron chi connectivity index (χ4n) is 2.46. The lowest BCUT2D eigenvalue weighted by molar-refractivity contribution is 0.0693. The molecule has 1 aliphatic carbocycles. The molecule has 0 saturated heterocycles. The van der Waals surface area contributed by atoms with Gasteiger partial charge in [-0.25, -0.2) is 9.78 Å². The molecule has 108 valence electrons. The molecule has 0 unspecified atom stereocenters. The van der Waals surface area contributed by atoms with E-state index in [2.05, 4.69) is 27.6 Å². The first kappa shape index (κ1) is 14.3.